The first-order chi connectivity index (χ1) is 16.8. The number of amides is 1. The van der Waals surface area contributed by atoms with Crippen LogP contribution in [0.1, 0.15) is 65.7 Å². The molecule has 2 heterocycles. The van der Waals surface area contributed by atoms with Crippen LogP contribution in [-0.4, -0.2) is 41.0 Å². The van der Waals surface area contributed by atoms with Crippen molar-refractivity contribution >= 4 is 17.7 Å². The number of nitrogens with one attached hydrogen (secondary N) is 2. The van der Waals surface area contributed by atoms with Gasteiger partial charge in [-0.1, -0.05) is 18.2 Å². The zero-order chi connectivity index (χ0) is 24.6. The second-order valence-electron chi connectivity index (χ2n) is 10.3. The van der Waals surface area contributed by atoms with Crippen molar-refractivity contribution in [3.05, 3.63) is 58.9 Å². The first kappa shape index (κ1) is 23.6. The molecule has 0 atom stereocenters. The van der Waals surface area contributed by atoms with E-state index in [0.717, 1.165) is 40.2 Å². The van der Waals surface area contributed by atoms with Crippen molar-refractivity contribution in [2.24, 2.45) is 11.8 Å². The molecule has 1 aliphatic heterocycles. The summed E-state index contributed by atoms with van der Waals surface area (Å²) >= 11 is 0. The van der Waals surface area contributed by atoms with Crippen LogP contribution in [0.5, 0.6) is 0 Å². The number of aromatic nitrogens is 1. The third-order valence-corrected chi connectivity index (χ3v) is 7.44. The van der Waals surface area contributed by atoms with Crippen molar-refractivity contribution in [3.63, 3.8) is 0 Å². The Balaban J connectivity index is 1.36. The number of allylic oxidation sites excluding steroid dienone is 1. The zero-order valence-electron chi connectivity index (χ0n) is 20.1. The van der Waals surface area contributed by atoms with Crippen LogP contribution >= 0.6 is 0 Å². The molecule has 0 unspecified atom stereocenters. The van der Waals surface area contributed by atoms with E-state index in [1.165, 1.54) is 19.1 Å². The van der Waals surface area contributed by atoms with Crippen molar-refractivity contribution < 1.29 is 13.6 Å². The molecule has 35 heavy (non-hydrogen) atoms. The lowest BCUT2D eigenvalue weighted by Gasteiger charge is -2.28. The number of benzene rings is 1. The van der Waals surface area contributed by atoms with Gasteiger partial charge in [0.15, 0.2) is 0 Å². The SMILES string of the molecule is Cc1ccc(/C(C=N)=C/NCC2CCC(F)(F)CC2)c(-c2ccc3c(c2)C(=O)N(CC2CC2)C3)n1. The fourth-order valence-electron chi connectivity index (χ4n) is 5.11. The maximum absolute atomic E-state index is 13.4. The normalized spacial score (nSPS) is 20.1. The Kier molecular flexibility index (Phi) is 6.43. The van der Waals surface area contributed by atoms with Crippen LogP contribution in [0.25, 0.3) is 16.8 Å². The zero-order valence-corrected chi connectivity index (χ0v) is 20.1. The second-order valence-corrected chi connectivity index (χ2v) is 10.3. The molecule has 2 aromatic rings. The van der Waals surface area contributed by atoms with Crippen LogP contribution in [-0.2, 0) is 6.54 Å². The maximum Gasteiger partial charge on any atom is 0.254 e. The van der Waals surface area contributed by atoms with Gasteiger partial charge in [-0.3, -0.25) is 9.78 Å². The fraction of sp³-hybridized carbons (Fsp3) is 0.464. The van der Waals surface area contributed by atoms with Gasteiger partial charge in [0, 0.05) is 72.8 Å². The highest BCUT2D eigenvalue weighted by atomic mass is 19.3. The van der Waals surface area contributed by atoms with Gasteiger partial charge >= 0.3 is 0 Å². The summed E-state index contributed by atoms with van der Waals surface area (Å²) in [5, 5.41) is 11.3. The minimum Gasteiger partial charge on any atom is -0.390 e. The molecule has 1 amide bonds. The van der Waals surface area contributed by atoms with Gasteiger partial charge in [-0.2, -0.15) is 0 Å². The number of nitrogens with zero attached hydrogens (tertiary/aromatic N) is 2. The number of pyridine rings is 1. The first-order valence-corrected chi connectivity index (χ1v) is 12.6. The van der Waals surface area contributed by atoms with E-state index in [4.69, 9.17) is 10.4 Å². The standard InChI is InChI=1S/C28H32F2N4O/c1-18-2-7-24(23(13-31)15-32-14-19-8-10-28(29,30)11-9-19)26(33-18)21-5-6-22-17-34(16-20-3-4-20)27(35)25(22)12-21/h2,5-7,12-13,15,19-20,31-32H,3-4,8-11,14,16-17H2,1H3/b23-15+,31-13?. The summed E-state index contributed by atoms with van der Waals surface area (Å²) < 4.78 is 26.9. The van der Waals surface area contributed by atoms with Crippen molar-refractivity contribution in [2.75, 3.05) is 13.1 Å². The highest BCUT2D eigenvalue weighted by Gasteiger charge is 2.35. The molecule has 2 fully saturated rings. The molecule has 2 aliphatic carbocycles. The van der Waals surface area contributed by atoms with Crippen LogP contribution in [0.3, 0.4) is 0 Å². The summed E-state index contributed by atoms with van der Waals surface area (Å²) in [6, 6.07) is 9.83. The molecule has 3 aliphatic rings. The van der Waals surface area contributed by atoms with E-state index in [2.05, 4.69) is 5.32 Å². The quantitative estimate of drug-likeness (QED) is 0.469. The van der Waals surface area contributed by atoms with E-state index in [-0.39, 0.29) is 24.7 Å². The number of aryl methyl sites for hydroxylation is 1. The van der Waals surface area contributed by atoms with Crippen LogP contribution in [0.15, 0.2) is 36.5 Å². The average molecular weight is 479 g/mol. The minimum absolute atomic E-state index is 0.0539. The molecule has 1 aromatic carbocycles. The number of halogens is 2. The maximum atomic E-state index is 13.4. The second kappa shape index (κ2) is 9.51. The van der Waals surface area contributed by atoms with Crippen LogP contribution in [0, 0.1) is 24.2 Å². The molecule has 184 valence electrons. The lowest BCUT2D eigenvalue weighted by atomic mass is 9.87. The summed E-state index contributed by atoms with van der Waals surface area (Å²) in [6.45, 7) is 4.03. The molecule has 7 heteroatoms. The summed E-state index contributed by atoms with van der Waals surface area (Å²) in [5.74, 6) is -1.59. The predicted octanol–water partition coefficient (Wildman–Crippen LogP) is 5.83. The largest absolute Gasteiger partial charge is 0.390 e. The first-order valence-electron chi connectivity index (χ1n) is 12.6. The molecule has 5 rings (SSSR count). The lowest BCUT2D eigenvalue weighted by molar-refractivity contribution is -0.0452. The lowest BCUT2D eigenvalue weighted by Crippen LogP contribution is -2.29. The number of hydrogen-bond donors (Lipinski definition) is 2. The number of rotatable bonds is 8. The van der Waals surface area contributed by atoms with Crippen LogP contribution in [0.4, 0.5) is 8.78 Å². The Bertz CT molecular complexity index is 1160. The van der Waals surface area contributed by atoms with Gasteiger partial charge in [0.25, 0.3) is 5.91 Å². The van der Waals surface area contributed by atoms with Gasteiger partial charge in [-0.25, -0.2) is 8.78 Å². The molecule has 0 spiro atoms. The number of alkyl halides is 2. The molecule has 1 aromatic heterocycles. The number of fused-ring (bicyclic) bond motifs is 1. The summed E-state index contributed by atoms with van der Waals surface area (Å²) in [7, 11) is 0. The Labute approximate surface area is 205 Å². The van der Waals surface area contributed by atoms with Gasteiger partial charge < -0.3 is 15.6 Å². The summed E-state index contributed by atoms with van der Waals surface area (Å²) in [4.78, 5) is 19.7. The Hall–Kier alpha value is -3.09. The van der Waals surface area contributed by atoms with Gasteiger partial charge in [0.1, 0.15) is 0 Å². The van der Waals surface area contributed by atoms with Crippen molar-refractivity contribution in [1.29, 1.82) is 5.41 Å². The topological polar surface area (TPSA) is 69.1 Å². The van der Waals surface area contributed by atoms with E-state index < -0.39 is 5.92 Å². The predicted molar refractivity (Wildman–Crippen MR) is 134 cm³/mol. The van der Waals surface area contributed by atoms with Crippen molar-refractivity contribution in [1.82, 2.24) is 15.2 Å². The summed E-state index contributed by atoms with van der Waals surface area (Å²) in [5.41, 5.74) is 5.69. The van der Waals surface area contributed by atoms with Gasteiger partial charge in [0.05, 0.1) is 5.69 Å². The number of carbonyl (C=O) groups is 1. The van der Waals surface area contributed by atoms with E-state index in [9.17, 15) is 13.6 Å². The molecule has 0 bridgehead atoms. The van der Waals surface area contributed by atoms with E-state index in [0.29, 0.717) is 37.4 Å². The Morgan fingerprint density at radius 2 is 1.94 bits per heavy atom. The summed E-state index contributed by atoms with van der Waals surface area (Å²) in [6.07, 6.45) is 6.39. The van der Waals surface area contributed by atoms with Gasteiger partial charge in [-0.15, -0.1) is 0 Å². The fourth-order valence-corrected chi connectivity index (χ4v) is 5.11. The molecule has 5 nitrogen and oxygen atoms in total. The third kappa shape index (κ3) is 5.29. The molecule has 2 N–H and O–H groups in total. The average Bonchev–Trinajstić information content (AvgIpc) is 3.61. The van der Waals surface area contributed by atoms with E-state index in [1.807, 2.05) is 42.2 Å². The highest BCUT2D eigenvalue weighted by molar-refractivity contribution is 6.10. The van der Waals surface area contributed by atoms with Gasteiger partial charge in [-0.05, 0) is 62.1 Å². The van der Waals surface area contributed by atoms with Gasteiger partial charge in [0.2, 0.25) is 5.92 Å². The molecule has 2 saturated carbocycles. The smallest absolute Gasteiger partial charge is 0.254 e. The van der Waals surface area contributed by atoms with Crippen LogP contribution in [0.2, 0.25) is 0 Å². The Morgan fingerprint density at radius 1 is 1.17 bits per heavy atom. The molecule has 0 radical (unpaired) electrons. The highest BCUT2D eigenvalue weighted by Crippen LogP contribution is 2.37. The van der Waals surface area contributed by atoms with E-state index >= 15 is 0 Å². The van der Waals surface area contributed by atoms with Crippen molar-refractivity contribution in [2.45, 2.75) is 57.9 Å². The molecular formula is C28H32F2N4O. The molecular weight excluding hydrogens is 446 g/mol. The minimum atomic E-state index is -2.53. The monoisotopic (exact) mass is 478 g/mol. The van der Waals surface area contributed by atoms with E-state index in [1.54, 1.807) is 6.20 Å². The molecule has 0 saturated heterocycles. The third-order valence-electron chi connectivity index (χ3n) is 7.44. The van der Waals surface area contributed by atoms with Crippen LogP contribution < -0.4 is 5.32 Å². The van der Waals surface area contributed by atoms with Crippen molar-refractivity contribution in [3.8, 4) is 11.3 Å². The number of carbonyl (C=O) groups excluding carboxylic acids is 1. The Morgan fingerprint density at radius 3 is 2.66 bits per heavy atom. The number of hydrogen-bond acceptors (Lipinski definition) is 4.